The van der Waals surface area contributed by atoms with E-state index in [0.717, 1.165) is 11.6 Å². The zero-order chi connectivity index (χ0) is 25.7. The summed E-state index contributed by atoms with van der Waals surface area (Å²) in [6, 6.07) is 11.3. The van der Waals surface area contributed by atoms with Gasteiger partial charge in [-0.3, -0.25) is 4.79 Å². The van der Waals surface area contributed by atoms with Gasteiger partial charge in [-0.1, -0.05) is 30.3 Å². The molecule has 10 heteroatoms. The van der Waals surface area contributed by atoms with Crippen LogP contribution in [0.15, 0.2) is 53.8 Å². The largest absolute Gasteiger partial charge is 0.511 e. The van der Waals surface area contributed by atoms with E-state index in [1.807, 2.05) is 30.3 Å². The highest BCUT2D eigenvalue weighted by atomic mass is 19.4. The van der Waals surface area contributed by atoms with Gasteiger partial charge in [0, 0.05) is 11.5 Å². The molecule has 3 atom stereocenters. The smallest absolute Gasteiger partial charge is 0.433 e. The van der Waals surface area contributed by atoms with Gasteiger partial charge in [-0.05, 0) is 42.9 Å². The number of hydrogen-bond donors (Lipinski definition) is 2. The fourth-order valence-electron chi connectivity index (χ4n) is 4.67. The van der Waals surface area contributed by atoms with Gasteiger partial charge in [0.15, 0.2) is 5.78 Å². The van der Waals surface area contributed by atoms with Crippen LogP contribution in [0.5, 0.6) is 0 Å². The van der Waals surface area contributed by atoms with Gasteiger partial charge in [0.1, 0.15) is 18.2 Å². The molecular formula is C26H28F3NO6. The van der Waals surface area contributed by atoms with Crippen LogP contribution < -0.4 is 0 Å². The molecule has 1 saturated carbocycles. The Morgan fingerprint density at radius 1 is 1.00 bits per heavy atom. The van der Waals surface area contributed by atoms with Crippen LogP contribution in [0.4, 0.5) is 13.2 Å². The highest BCUT2D eigenvalue weighted by molar-refractivity contribution is 6.10. The number of carbonyl (C=O) groups excluding carboxylic acids is 1. The number of aromatic nitrogens is 1. The number of aliphatic hydroxyl groups is 2. The van der Waals surface area contributed by atoms with E-state index in [2.05, 4.69) is 4.98 Å². The molecule has 3 unspecified atom stereocenters. The van der Waals surface area contributed by atoms with Crippen LogP contribution in [0.2, 0.25) is 0 Å². The van der Waals surface area contributed by atoms with E-state index in [4.69, 9.17) is 14.2 Å². The third-order valence-corrected chi connectivity index (χ3v) is 6.52. The Hall–Kier alpha value is -2.79. The first kappa shape index (κ1) is 26.3. The lowest BCUT2D eigenvalue weighted by Gasteiger charge is -2.27. The molecule has 0 radical (unpaired) electrons. The zero-order valence-electron chi connectivity index (χ0n) is 19.5. The molecule has 1 aromatic carbocycles. The maximum absolute atomic E-state index is 13.3. The molecule has 2 bridgehead atoms. The van der Waals surface area contributed by atoms with Crippen LogP contribution in [-0.4, -0.2) is 47.1 Å². The molecule has 0 amide bonds. The maximum atomic E-state index is 13.3. The summed E-state index contributed by atoms with van der Waals surface area (Å²) in [6.45, 7) is 0.150. The summed E-state index contributed by atoms with van der Waals surface area (Å²) in [6.07, 6.45) is -3.97. The van der Waals surface area contributed by atoms with Crippen molar-refractivity contribution in [3.63, 3.8) is 0 Å². The number of allylic oxidation sites excluding steroid dienone is 1. The minimum absolute atomic E-state index is 0.0114. The van der Waals surface area contributed by atoms with Crippen molar-refractivity contribution in [2.24, 2.45) is 11.8 Å². The summed E-state index contributed by atoms with van der Waals surface area (Å²) in [7, 11) is 0. The van der Waals surface area contributed by atoms with Gasteiger partial charge in [0.2, 0.25) is 0 Å². The molecule has 0 saturated heterocycles. The first-order chi connectivity index (χ1) is 17.3. The van der Waals surface area contributed by atoms with Crippen LogP contribution in [-0.2, 0) is 33.6 Å². The SMILES string of the molecule is O=C(C1=C(O)C2CCC(C2)C1O)c1ccc(C(F)(F)F)nc1COCCOCOCc1ccccc1. The summed E-state index contributed by atoms with van der Waals surface area (Å²) < 4.78 is 55.9. The number of halogens is 3. The quantitative estimate of drug-likeness (QED) is 0.261. The predicted octanol–water partition coefficient (Wildman–Crippen LogP) is 4.59. The van der Waals surface area contributed by atoms with Crippen LogP contribution in [0, 0.1) is 11.8 Å². The van der Waals surface area contributed by atoms with Gasteiger partial charge >= 0.3 is 6.18 Å². The zero-order valence-corrected chi connectivity index (χ0v) is 19.5. The van der Waals surface area contributed by atoms with Crippen molar-refractivity contribution in [1.29, 1.82) is 0 Å². The fourth-order valence-corrected chi connectivity index (χ4v) is 4.67. The third kappa shape index (κ3) is 6.12. The number of ketones is 1. The third-order valence-electron chi connectivity index (χ3n) is 6.52. The van der Waals surface area contributed by atoms with E-state index >= 15 is 0 Å². The van der Waals surface area contributed by atoms with Crippen molar-refractivity contribution in [2.45, 2.75) is 44.8 Å². The van der Waals surface area contributed by atoms with E-state index in [-0.39, 0.29) is 61.0 Å². The molecule has 7 nitrogen and oxygen atoms in total. The average Bonchev–Trinajstić information content (AvgIpc) is 3.32. The first-order valence-electron chi connectivity index (χ1n) is 11.8. The number of carbonyl (C=O) groups is 1. The van der Waals surface area contributed by atoms with Crippen LogP contribution in [0.25, 0.3) is 0 Å². The number of rotatable bonds is 11. The van der Waals surface area contributed by atoms with Crippen molar-refractivity contribution in [3.8, 4) is 0 Å². The number of hydrogen-bond acceptors (Lipinski definition) is 7. The van der Waals surface area contributed by atoms with Gasteiger partial charge in [-0.2, -0.15) is 13.2 Å². The lowest BCUT2D eigenvalue weighted by molar-refractivity contribution is -0.141. The van der Waals surface area contributed by atoms with Crippen molar-refractivity contribution in [1.82, 2.24) is 4.98 Å². The van der Waals surface area contributed by atoms with Crippen LogP contribution in [0.3, 0.4) is 0 Å². The second-order valence-electron chi connectivity index (χ2n) is 8.94. The second kappa shape index (κ2) is 11.5. The number of fused-ring (bicyclic) bond motifs is 2. The van der Waals surface area contributed by atoms with Crippen molar-refractivity contribution < 1.29 is 42.4 Å². The van der Waals surface area contributed by atoms with Gasteiger partial charge in [0.25, 0.3) is 0 Å². The summed E-state index contributed by atoms with van der Waals surface area (Å²) in [5.74, 6) is -1.30. The molecule has 0 spiro atoms. The first-order valence-corrected chi connectivity index (χ1v) is 11.8. The Morgan fingerprint density at radius 2 is 1.75 bits per heavy atom. The summed E-state index contributed by atoms with van der Waals surface area (Å²) in [5, 5.41) is 21.2. The number of aliphatic hydroxyl groups excluding tert-OH is 2. The van der Waals surface area contributed by atoms with E-state index in [0.29, 0.717) is 31.9 Å². The molecule has 194 valence electrons. The van der Waals surface area contributed by atoms with Gasteiger partial charge in [-0.25, -0.2) is 4.98 Å². The molecule has 2 aromatic rings. The standard InChI is InChI=1S/C26H28F3NO6/c27-26(28,29)21-9-8-19(25(33)22-23(31)17-6-7-18(12-17)24(22)32)20(30-21)14-34-10-11-35-15-36-13-16-4-2-1-3-5-16/h1-5,8-9,17-18,23,31-32H,6-7,10-15H2. The van der Waals surface area contributed by atoms with Crippen molar-refractivity contribution in [3.05, 3.63) is 76.3 Å². The molecular weight excluding hydrogens is 479 g/mol. The molecule has 0 aliphatic heterocycles. The average molecular weight is 508 g/mol. The van der Waals surface area contributed by atoms with Gasteiger partial charge in [-0.15, -0.1) is 0 Å². The fraction of sp³-hybridized carbons (Fsp3) is 0.462. The molecule has 36 heavy (non-hydrogen) atoms. The van der Waals surface area contributed by atoms with Gasteiger partial charge in [0.05, 0.1) is 43.8 Å². The topological polar surface area (TPSA) is 98.1 Å². The Bertz CT molecular complexity index is 1090. The van der Waals surface area contributed by atoms with E-state index in [9.17, 15) is 28.2 Å². The van der Waals surface area contributed by atoms with Crippen molar-refractivity contribution >= 4 is 5.78 Å². The molecule has 2 aliphatic rings. The summed E-state index contributed by atoms with van der Waals surface area (Å²) >= 11 is 0. The molecule has 4 rings (SSSR count). The van der Waals surface area contributed by atoms with Crippen LogP contribution in [0.1, 0.15) is 46.6 Å². The lowest BCUT2D eigenvalue weighted by atomic mass is 9.82. The minimum Gasteiger partial charge on any atom is -0.511 e. The highest BCUT2D eigenvalue weighted by Gasteiger charge is 2.44. The lowest BCUT2D eigenvalue weighted by Crippen LogP contribution is -2.32. The number of alkyl halides is 3. The molecule has 1 aromatic heterocycles. The highest BCUT2D eigenvalue weighted by Crippen LogP contribution is 2.45. The predicted molar refractivity (Wildman–Crippen MR) is 122 cm³/mol. The van der Waals surface area contributed by atoms with E-state index < -0.39 is 23.8 Å². The minimum atomic E-state index is -4.71. The Labute approximate surface area is 206 Å². The number of ether oxygens (including phenoxy) is 3. The number of benzene rings is 1. The Morgan fingerprint density at radius 3 is 2.50 bits per heavy atom. The monoisotopic (exact) mass is 507 g/mol. The Balaban J connectivity index is 1.37. The Kier molecular flexibility index (Phi) is 8.40. The normalized spacial score (nSPS) is 21.7. The van der Waals surface area contributed by atoms with E-state index in [1.165, 1.54) is 0 Å². The second-order valence-corrected chi connectivity index (χ2v) is 8.94. The number of nitrogens with zero attached hydrogens (tertiary/aromatic N) is 1. The molecule has 2 aliphatic carbocycles. The molecule has 2 N–H and O–H groups in total. The van der Waals surface area contributed by atoms with E-state index in [1.54, 1.807) is 0 Å². The van der Waals surface area contributed by atoms with Crippen molar-refractivity contribution in [2.75, 3.05) is 20.0 Å². The van der Waals surface area contributed by atoms with Gasteiger partial charge < -0.3 is 24.4 Å². The number of Topliss-reactive ketones (excluding diaryl/α,β-unsaturated/α-hetero) is 1. The summed E-state index contributed by atoms with van der Waals surface area (Å²) in [5.41, 5.74) is -0.693. The maximum Gasteiger partial charge on any atom is 0.433 e. The molecule has 1 heterocycles. The van der Waals surface area contributed by atoms with Crippen LogP contribution >= 0.6 is 0 Å². The summed E-state index contributed by atoms with van der Waals surface area (Å²) in [4.78, 5) is 16.9. The number of pyridine rings is 1. The molecule has 1 fully saturated rings.